The second-order valence-electron chi connectivity index (χ2n) is 5.13. The number of unbranched alkanes of at least 4 members (excludes halogenated alkanes) is 3. The molecule has 1 N–H and O–H groups in total. The Morgan fingerprint density at radius 1 is 1.00 bits per heavy atom. The zero-order valence-corrected chi connectivity index (χ0v) is 12.4. The molecule has 3 nitrogen and oxygen atoms in total. The molecule has 0 saturated carbocycles. The van der Waals surface area contributed by atoms with Crippen molar-refractivity contribution in [2.24, 2.45) is 0 Å². The Hall–Kier alpha value is -1.61. The van der Waals surface area contributed by atoms with E-state index in [1.54, 1.807) is 0 Å². The molecule has 2 aromatic rings. The molecule has 0 aliphatic rings. The van der Waals surface area contributed by atoms with Crippen LogP contribution >= 0.6 is 0 Å². The van der Waals surface area contributed by atoms with Gasteiger partial charge in [0.15, 0.2) is 0 Å². The third-order valence-corrected chi connectivity index (χ3v) is 3.48. The molecule has 0 atom stereocenters. The van der Waals surface area contributed by atoms with Gasteiger partial charge in [-0.25, -0.2) is 0 Å². The molecular weight excluding hydrogens is 246 g/mol. The first kappa shape index (κ1) is 14.8. The van der Waals surface area contributed by atoms with E-state index in [2.05, 4.69) is 52.5 Å². The quantitative estimate of drug-likeness (QED) is 0.704. The molecule has 2 rings (SSSR count). The number of aromatic nitrogens is 2. The third-order valence-electron chi connectivity index (χ3n) is 3.48. The molecule has 0 radical (unpaired) electrons. The Labute approximate surface area is 122 Å². The van der Waals surface area contributed by atoms with Crippen molar-refractivity contribution < 1.29 is 0 Å². The largest absolute Gasteiger partial charge is 0.317 e. The Bertz CT molecular complexity index is 476. The molecule has 3 heteroatoms. The maximum absolute atomic E-state index is 4.44. The molecular formula is C17H25N3. The third kappa shape index (κ3) is 4.82. The van der Waals surface area contributed by atoms with E-state index >= 15 is 0 Å². The highest BCUT2D eigenvalue weighted by molar-refractivity contribution is 5.61. The van der Waals surface area contributed by atoms with E-state index < -0.39 is 0 Å². The van der Waals surface area contributed by atoms with Crippen molar-refractivity contribution in [2.45, 2.75) is 39.2 Å². The van der Waals surface area contributed by atoms with Gasteiger partial charge in [-0.05, 0) is 31.5 Å². The van der Waals surface area contributed by atoms with E-state index in [4.69, 9.17) is 0 Å². The zero-order chi connectivity index (χ0) is 14.0. The van der Waals surface area contributed by atoms with Gasteiger partial charge in [0.2, 0.25) is 0 Å². The number of rotatable bonds is 9. The normalized spacial score (nSPS) is 10.8. The molecule has 0 spiro atoms. The van der Waals surface area contributed by atoms with Crippen LogP contribution in [0.1, 0.15) is 32.6 Å². The monoisotopic (exact) mass is 271 g/mol. The van der Waals surface area contributed by atoms with Crippen LogP contribution in [0.4, 0.5) is 0 Å². The van der Waals surface area contributed by atoms with E-state index in [0.717, 1.165) is 19.6 Å². The van der Waals surface area contributed by atoms with Crippen LogP contribution in [0.5, 0.6) is 0 Å². The SMILES string of the molecule is CCNCCCCCCn1cc(-c2ccccc2)cn1. The molecule has 108 valence electrons. The fourth-order valence-electron chi connectivity index (χ4n) is 2.32. The number of hydrogen-bond donors (Lipinski definition) is 1. The van der Waals surface area contributed by atoms with Gasteiger partial charge in [-0.1, -0.05) is 50.1 Å². The minimum absolute atomic E-state index is 1.02. The minimum atomic E-state index is 1.02. The van der Waals surface area contributed by atoms with Gasteiger partial charge in [-0.15, -0.1) is 0 Å². The maximum Gasteiger partial charge on any atom is 0.0568 e. The molecule has 1 heterocycles. The molecule has 0 amide bonds. The van der Waals surface area contributed by atoms with E-state index in [-0.39, 0.29) is 0 Å². The first-order valence-electron chi connectivity index (χ1n) is 7.68. The molecule has 1 aromatic heterocycles. The highest BCUT2D eigenvalue weighted by Crippen LogP contribution is 2.17. The second-order valence-corrected chi connectivity index (χ2v) is 5.13. The van der Waals surface area contributed by atoms with Crippen LogP contribution in [-0.4, -0.2) is 22.9 Å². The van der Waals surface area contributed by atoms with Crippen LogP contribution in [0.3, 0.4) is 0 Å². The molecule has 0 saturated heterocycles. The Kier molecular flexibility index (Phi) is 6.32. The van der Waals surface area contributed by atoms with Gasteiger partial charge in [0.1, 0.15) is 0 Å². The Morgan fingerprint density at radius 2 is 1.80 bits per heavy atom. The molecule has 0 unspecified atom stereocenters. The van der Waals surface area contributed by atoms with Gasteiger partial charge in [-0.3, -0.25) is 4.68 Å². The molecule has 0 bridgehead atoms. The Morgan fingerprint density at radius 3 is 2.60 bits per heavy atom. The van der Waals surface area contributed by atoms with Crippen molar-refractivity contribution in [1.82, 2.24) is 15.1 Å². The summed E-state index contributed by atoms with van der Waals surface area (Å²) in [6.07, 6.45) is 9.18. The lowest BCUT2D eigenvalue weighted by Gasteiger charge is -2.03. The second kappa shape index (κ2) is 8.54. The van der Waals surface area contributed by atoms with Gasteiger partial charge in [0, 0.05) is 18.3 Å². The number of nitrogens with zero attached hydrogens (tertiary/aromatic N) is 2. The van der Waals surface area contributed by atoms with Gasteiger partial charge in [-0.2, -0.15) is 5.10 Å². The van der Waals surface area contributed by atoms with Crippen LogP contribution in [0.25, 0.3) is 11.1 Å². The molecule has 0 aliphatic heterocycles. The van der Waals surface area contributed by atoms with Crippen molar-refractivity contribution in [3.63, 3.8) is 0 Å². The smallest absolute Gasteiger partial charge is 0.0568 e. The van der Waals surface area contributed by atoms with Crippen molar-refractivity contribution in [1.29, 1.82) is 0 Å². The molecule has 20 heavy (non-hydrogen) atoms. The number of aryl methyl sites for hydroxylation is 1. The van der Waals surface area contributed by atoms with Crippen molar-refractivity contribution in [3.05, 3.63) is 42.7 Å². The first-order chi connectivity index (χ1) is 9.90. The topological polar surface area (TPSA) is 29.9 Å². The van der Waals surface area contributed by atoms with Crippen molar-refractivity contribution in [3.8, 4) is 11.1 Å². The Balaban J connectivity index is 1.69. The van der Waals surface area contributed by atoms with Crippen LogP contribution in [0.15, 0.2) is 42.7 Å². The van der Waals surface area contributed by atoms with E-state index in [1.807, 2.05) is 12.3 Å². The first-order valence-corrected chi connectivity index (χ1v) is 7.68. The predicted octanol–water partition coefficient (Wildman–Crippen LogP) is 3.72. The van der Waals surface area contributed by atoms with Gasteiger partial charge in [0.05, 0.1) is 6.20 Å². The minimum Gasteiger partial charge on any atom is -0.317 e. The fraction of sp³-hybridized carbons (Fsp3) is 0.471. The van der Waals surface area contributed by atoms with Crippen LogP contribution in [0.2, 0.25) is 0 Å². The summed E-state index contributed by atoms with van der Waals surface area (Å²) in [6, 6.07) is 10.4. The summed E-state index contributed by atoms with van der Waals surface area (Å²) in [5.74, 6) is 0. The molecule has 1 aromatic carbocycles. The average molecular weight is 271 g/mol. The van der Waals surface area contributed by atoms with Crippen LogP contribution in [0, 0.1) is 0 Å². The summed E-state index contributed by atoms with van der Waals surface area (Å²) in [6.45, 7) is 5.40. The van der Waals surface area contributed by atoms with E-state index in [0.29, 0.717) is 0 Å². The number of hydrogen-bond acceptors (Lipinski definition) is 2. The van der Waals surface area contributed by atoms with Crippen LogP contribution < -0.4 is 5.32 Å². The number of nitrogens with one attached hydrogen (secondary N) is 1. The molecule has 0 fully saturated rings. The van der Waals surface area contributed by atoms with Crippen molar-refractivity contribution >= 4 is 0 Å². The summed E-state index contributed by atoms with van der Waals surface area (Å²) in [7, 11) is 0. The summed E-state index contributed by atoms with van der Waals surface area (Å²) in [5.41, 5.74) is 2.45. The van der Waals surface area contributed by atoms with Crippen molar-refractivity contribution in [2.75, 3.05) is 13.1 Å². The lowest BCUT2D eigenvalue weighted by Crippen LogP contribution is -2.13. The summed E-state index contributed by atoms with van der Waals surface area (Å²) < 4.78 is 2.06. The van der Waals surface area contributed by atoms with Gasteiger partial charge < -0.3 is 5.32 Å². The summed E-state index contributed by atoms with van der Waals surface area (Å²) in [5, 5.41) is 7.80. The summed E-state index contributed by atoms with van der Waals surface area (Å²) in [4.78, 5) is 0. The lowest BCUT2D eigenvalue weighted by atomic mass is 10.1. The van der Waals surface area contributed by atoms with Gasteiger partial charge in [0.25, 0.3) is 0 Å². The highest BCUT2D eigenvalue weighted by Gasteiger charge is 2.00. The predicted molar refractivity (Wildman–Crippen MR) is 84.7 cm³/mol. The molecule has 0 aliphatic carbocycles. The van der Waals surface area contributed by atoms with Gasteiger partial charge >= 0.3 is 0 Å². The maximum atomic E-state index is 4.44. The lowest BCUT2D eigenvalue weighted by molar-refractivity contribution is 0.527. The standard InChI is InChI=1S/C17H25N3/c1-2-18-12-8-3-4-9-13-20-15-17(14-19-20)16-10-6-5-7-11-16/h5-7,10-11,14-15,18H,2-4,8-9,12-13H2,1H3. The number of benzene rings is 1. The summed E-state index contributed by atoms with van der Waals surface area (Å²) >= 11 is 0. The highest BCUT2D eigenvalue weighted by atomic mass is 15.3. The average Bonchev–Trinajstić information content (AvgIpc) is 2.96. The van der Waals surface area contributed by atoms with E-state index in [1.165, 1.54) is 36.8 Å². The fourth-order valence-corrected chi connectivity index (χ4v) is 2.32. The van der Waals surface area contributed by atoms with E-state index in [9.17, 15) is 0 Å². The zero-order valence-electron chi connectivity index (χ0n) is 12.4. The van der Waals surface area contributed by atoms with Crippen LogP contribution in [-0.2, 0) is 6.54 Å².